The number of hydrogen-bond acceptors (Lipinski definition) is 4. The van der Waals surface area contributed by atoms with Crippen LogP contribution in [0.15, 0.2) is 18.2 Å². The van der Waals surface area contributed by atoms with Crippen molar-refractivity contribution in [3.05, 3.63) is 23.8 Å². The Balaban J connectivity index is 2.17. The molecule has 0 unspecified atom stereocenters. The summed E-state index contributed by atoms with van der Waals surface area (Å²) in [5, 5.41) is 2.72. The van der Waals surface area contributed by atoms with Gasteiger partial charge in [0.1, 0.15) is 6.61 Å². The molecule has 0 heterocycles. The number of ether oxygens (including phenoxy) is 2. The van der Waals surface area contributed by atoms with Gasteiger partial charge in [-0.15, -0.1) is 0 Å². The predicted molar refractivity (Wildman–Crippen MR) is 80.8 cm³/mol. The molecule has 0 aliphatic rings. The van der Waals surface area contributed by atoms with Gasteiger partial charge in [0, 0.05) is 6.61 Å². The third-order valence-electron chi connectivity index (χ3n) is 2.73. The number of carbonyl (C=O) groups is 1. The Morgan fingerprint density at radius 1 is 1.25 bits per heavy atom. The molecule has 0 saturated carbocycles. The summed E-state index contributed by atoms with van der Waals surface area (Å²) in [7, 11) is 0. The first kappa shape index (κ1) is 16.5. The van der Waals surface area contributed by atoms with Gasteiger partial charge in [-0.2, -0.15) is 0 Å². The molecular weight excluding hydrogens is 256 g/mol. The number of unbranched alkanes of at least 4 members (excludes halogenated alkanes) is 1. The van der Waals surface area contributed by atoms with Gasteiger partial charge < -0.3 is 20.5 Å². The topological polar surface area (TPSA) is 73.6 Å². The Kier molecular flexibility index (Phi) is 7.69. The maximum absolute atomic E-state index is 11.7. The molecule has 0 saturated heterocycles. The molecule has 3 N–H and O–H groups in total. The molecule has 1 amide bonds. The SMILES string of the molecule is CCCCOCCOCC(=O)Nc1ccc(C)cc1N. The van der Waals surface area contributed by atoms with E-state index < -0.39 is 0 Å². The van der Waals surface area contributed by atoms with Gasteiger partial charge in [0.05, 0.1) is 24.6 Å². The van der Waals surface area contributed by atoms with Crippen LogP contribution in [0.4, 0.5) is 11.4 Å². The summed E-state index contributed by atoms with van der Waals surface area (Å²) in [6, 6.07) is 5.50. The number of benzene rings is 1. The van der Waals surface area contributed by atoms with E-state index in [0.717, 1.165) is 25.0 Å². The second-order valence-corrected chi connectivity index (χ2v) is 4.66. The smallest absolute Gasteiger partial charge is 0.250 e. The van der Waals surface area contributed by atoms with Gasteiger partial charge in [0.15, 0.2) is 0 Å². The lowest BCUT2D eigenvalue weighted by molar-refractivity contribution is -0.121. The van der Waals surface area contributed by atoms with E-state index in [9.17, 15) is 4.79 Å². The minimum absolute atomic E-state index is 0.00442. The number of nitrogens with two attached hydrogens (primary N) is 1. The largest absolute Gasteiger partial charge is 0.397 e. The van der Waals surface area contributed by atoms with E-state index in [-0.39, 0.29) is 12.5 Å². The van der Waals surface area contributed by atoms with E-state index >= 15 is 0 Å². The van der Waals surface area contributed by atoms with Crippen LogP contribution in [0.1, 0.15) is 25.3 Å². The van der Waals surface area contributed by atoms with Crippen LogP contribution in [0.3, 0.4) is 0 Å². The molecule has 0 aliphatic heterocycles. The van der Waals surface area contributed by atoms with E-state index in [0.29, 0.717) is 24.6 Å². The summed E-state index contributed by atoms with van der Waals surface area (Å²) >= 11 is 0. The first-order valence-corrected chi connectivity index (χ1v) is 6.95. The van der Waals surface area contributed by atoms with E-state index in [1.54, 1.807) is 6.07 Å². The van der Waals surface area contributed by atoms with Crippen molar-refractivity contribution < 1.29 is 14.3 Å². The third kappa shape index (κ3) is 6.54. The standard InChI is InChI=1S/C15H24N2O3/c1-3-4-7-19-8-9-20-11-15(18)17-14-6-5-12(2)10-13(14)16/h5-6,10H,3-4,7-9,11,16H2,1-2H3,(H,17,18). The zero-order valence-corrected chi connectivity index (χ0v) is 12.3. The van der Waals surface area contributed by atoms with E-state index in [4.69, 9.17) is 15.2 Å². The van der Waals surface area contributed by atoms with Crippen LogP contribution in [0, 0.1) is 6.92 Å². The van der Waals surface area contributed by atoms with Crippen LogP contribution in [-0.2, 0) is 14.3 Å². The van der Waals surface area contributed by atoms with Crippen LogP contribution in [0.2, 0.25) is 0 Å². The van der Waals surface area contributed by atoms with Crippen LogP contribution in [-0.4, -0.2) is 32.3 Å². The molecular formula is C15H24N2O3. The molecule has 1 aromatic carbocycles. The molecule has 0 atom stereocenters. The molecule has 0 radical (unpaired) electrons. The number of hydrogen-bond donors (Lipinski definition) is 2. The molecule has 0 aromatic heterocycles. The molecule has 5 nitrogen and oxygen atoms in total. The lowest BCUT2D eigenvalue weighted by atomic mass is 10.2. The highest BCUT2D eigenvalue weighted by Gasteiger charge is 2.05. The lowest BCUT2D eigenvalue weighted by Gasteiger charge is -2.09. The lowest BCUT2D eigenvalue weighted by Crippen LogP contribution is -2.20. The minimum atomic E-state index is -0.214. The van der Waals surface area contributed by atoms with Gasteiger partial charge in [-0.25, -0.2) is 0 Å². The molecule has 0 bridgehead atoms. The first-order valence-electron chi connectivity index (χ1n) is 6.95. The zero-order chi connectivity index (χ0) is 14.8. The average Bonchev–Trinajstić information content (AvgIpc) is 2.41. The molecule has 0 fully saturated rings. The van der Waals surface area contributed by atoms with Gasteiger partial charge in [-0.05, 0) is 31.0 Å². The summed E-state index contributed by atoms with van der Waals surface area (Å²) in [6.45, 7) is 5.74. The number of aryl methyl sites for hydroxylation is 1. The Bertz CT molecular complexity index is 422. The highest BCUT2D eigenvalue weighted by Crippen LogP contribution is 2.19. The number of anilines is 2. The number of nitrogen functional groups attached to an aromatic ring is 1. The number of amides is 1. The number of rotatable bonds is 9. The predicted octanol–water partition coefficient (Wildman–Crippen LogP) is 2.35. The van der Waals surface area contributed by atoms with E-state index in [1.807, 2.05) is 19.1 Å². The van der Waals surface area contributed by atoms with E-state index in [1.165, 1.54) is 0 Å². The zero-order valence-electron chi connectivity index (χ0n) is 12.3. The fraction of sp³-hybridized carbons (Fsp3) is 0.533. The molecule has 20 heavy (non-hydrogen) atoms. The Morgan fingerprint density at radius 3 is 2.70 bits per heavy atom. The van der Waals surface area contributed by atoms with Gasteiger partial charge in [0.2, 0.25) is 5.91 Å². The summed E-state index contributed by atoms with van der Waals surface area (Å²) < 4.78 is 10.6. The minimum Gasteiger partial charge on any atom is -0.397 e. The second-order valence-electron chi connectivity index (χ2n) is 4.66. The summed E-state index contributed by atoms with van der Waals surface area (Å²) in [6.07, 6.45) is 2.16. The Morgan fingerprint density at radius 2 is 2.00 bits per heavy atom. The van der Waals surface area contributed by atoms with Crippen molar-refractivity contribution in [2.75, 3.05) is 37.5 Å². The van der Waals surface area contributed by atoms with Crippen LogP contribution >= 0.6 is 0 Å². The average molecular weight is 280 g/mol. The molecule has 0 spiro atoms. The van der Waals surface area contributed by atoms with Crippen molar-refractivity contribution in [2.24, 2.45) is 0 Å². The van der Waals surface area contributed by atoms with Crippen molar-refractivity contribution in [2.45, 2.75) is 26.7 Å². The molecule has 112 valence electrons. The van der Waals surface area contributed by atoms with Crippen molar-refractivity contribution in [3.63, 3.8) is 0 Å². The van der Waals surface area contributed by atoms with Crippen molar-refractivity contribution in [3.8, 4) is 0 Å². The first-order chi connectivity index (χ1) is 9.63. The molecule has 0 aliphatic carbocycles. The van der Waals surface area contributed by atoms with Gasteiger partial charge >= 0.3 is 0 Å². The Labute approximate surface area is 120 Å². The van der Waals surface area contributed by atoms with Crippen molar-refractivity contribution >= 4 is 17.3 Å². The highest BCUT2D eigenvalue weighted by atomic mass is 16.5. The monoisotopic (exact) mass is 280 g/mol. The van der Waals surface area contributed by atoms with Crippen LogP contribution < -0.4 is 11.1 Å². The quantitative estimate of drug-likeness (QED) is 0.538. The molecule has 5 heteroatoms. The highest BCUT2D eigenvalue weighted by molar-refractivity contribution is 5.94. The van der Waals surface area contributed by atoms with Gasteiger partial charge in [0.25, 0.3) is 0 Å². The molecule has 1 rings (SSSR count). The maximum atomic E-state index is 11.7. The fourth-order valence-electron chi connectivity index (χ4n) is 1.61. The molecule has 1 aromatic rings. The number of nitrogens with one attached hydrogen (secondary N) is 1. The van der Waals surface area contributed by atoms with E-state index in [2.05, 4.69) is 12.2 Å². The third-order valence-corrected chi connectivity index (χ3v) is 2.73. The van der Waals surface area contributed by atoms with Gasteiger partial charge in [-0.3, -0.25) is 4.79 Å². The maximum Gasteiger partial charge on any atom is 0.250 e. The number of carbonyl (C=O) groups excluding carboxylic acids is 1. The van der Waals surface area contributed by atoms with Crippen LogP contribution in [0.25, 0.3) is 0 Å². The van der Waals surface area contributed by atoms with Crippen LogP contribution in [0.5, 0.6) is 0 Å². The normalized spacial score (nSPS) is 10.5. The summed E-state index contributed by atoms with van der Waals surface area (Å²) in [5.41, 5.74) is 8.04. The van der Waals surface area contributed by atoms with Gasteiger partial charge in [-0.1, -0.05) is 19.4 Å². The second kappa shape index (κ2) is 9.34. The Hall–Kier alpha value is -1.59. The fourth-order valence-corrected chi connectivity index (χ4v) is 1.61. The van der Waals surface area contributed by atoms with Crippen molar-refractivity contribution in [1.82, 2.24) is 0 Å². The summed E-state index contributed by atoms with van der Waals surface area (Å²) in [5.74, 6) is -0.214. The van der Waals surface area contributed by atoms with Crippen molar-refractivity contribution in [1.29, 1.82) is 0 Å². The summed E-state index contributed by atoms with van der Waals surface area (Å²) in [4.78, 5) is 11.7.